The van der Waals surface area contributed by atoms with E-state index in [-0.39, 0.29) is 12.5 Å². The average Bonchev–Trinajstić information content (AvgIpc) is 2.57. The molecule has 0 aliphatic carbocycles. The van der Waals surface area contributed by atoms with Gasteiger partial charge in [0.2, 0.25) is 0 Å². The molecule has 0 saturated carbocycles. The van der Waals surface area contributed by atoms with E-state index in [1.54, 1.807) is 16.9 Å². The highest BCUT2D eigenvalue weighted by atomic mass is 79.9. The summed E-state index contributed by atoms with van der Waals surface area (Å²) in [6.07, 6.45) is 1.68. The first-order valence-electron chi connectivity index (χ1n) is 5.88. The molecule has 0 aliphatic heterocycles. The van der Waals surface area contributed by atoms with Crippen molar-refractivity contribution in [3.05, 3.63) is 22.8 Å². The van der Waals surface area contributed by atoms with E-state index >= 15 is 0 Å². The van der Waals surface area contributed by atoms with Gasteiger partial charge in [0.05, 0.1) is 17.4 Å². The fourth-order valence-corrected chi connectivity index (χ4v) is 2.34. The second kappa shape index (κ2) is 4.85. The number of carbonyl (C=O) groups excluding carboxylic acids is 1. The maximum Gasteiger partial charge on any atom is 0.328 e. The van der Waals surface area contributed by atoms with Crippen LogP contribution in [0.25, 0.3) is 10.9 Å². The lowest BCUT2D eigenvalue weighted by atomic mass is 10.2. The summed E-state index contributed by atoms with van der Waals surface area (Å²) in [7, 11) is 0. The maximum absolute atomic E-state index is 11.8. The van der Waals surface area contributed by atoms with Crippen molar-refractivity contribution in [3.63, 3.8) is 0 Å². The lowest BCUT2D eigenvalue weighted by Crippen LogP contribution is -2.26. The number of esters is 1. The lowest BCUT2D eigenvalue weighted by Gasteiger charge is -2.19. The second-order valence-corrected chi connectivity index (χ2v) is 6.24. The molecule has 0 fully saturated rings. The highest BCUT2D eigenvalue weighted by molar-refractivity contribution is 9.10. The van der Waals surface area contributed by atoms with E-state index in [0.717, 1.165) is 15.4 Å². The van der Waals surface area contributed by atoms with Crippen LogP contribution in [0.3, 0.4) is 0 Å². The predicted molar refractivity (Wildman–Crippen MR) is 77.7 cm³/mol. The van der Waals surface area contributed by atoms with Crippen LogP contribution in [-0.2, 0) is 16.1 Å². The Balaban J connectivity index is 2.29. The largest absolute Gasteiger partial charge is 0.459 e. The highest BCUT2D eigenvalue weighted by Gasteiger charge is 2.18. The Hall–Kier alpha value is -1.56. The van der Waals surface area contributed by atoms with Crippen molar-refractivity contribution in [1.82, 2.24) is 9.78 Å². The molecule has 5 nitrogen and oxygen atoms in total. The van der Waals surface area contributed by atoms with E-state index in [1.165, 1.54) is 0 Å². The molecular weight excluding hydrogens is 310 g/mol. The zero-order chi connectivity index (χ0) is 14.2. The van der Waals surface area contributed by atoms with Gasteiger partial charge in [0.25, 0.3) is 0 Å². The predicted octanol–water partition coefficient (Wildman–Crippen LogP) is 2.72. The third-order valence-corrected chi connectivity index (χ3v) is 2.88. The first kappa shape index (κ1) is 13.9. The first-order valence-corrected chi connectivity index (χ1v) is 6.68. The zero-order valence-electron chi connectivity index (χ0n) is 11.1. The molecule has 1 aromatic heterocycles. The van der Waals surface area contributed by atoms with Gasteiger partial charge in [0.1, 0.15) is 12.1 Å². The number of anilines is 1. The standard InChI is InChI=1S/C13H16BrN3O2/c1-13(2,3)19-11(18)7-17-12-8(6-16-17)4-9(14)5-10(12)15/h4-6H,7,15H2,1-3H3. The van der Waals surface area contributed by atoms with Crippen LogP contribution in [0.15, 0.2) is 22.8 Å². The number of aromatic nitrogens is 2. The van der Waals surface area contributed by atoms with Crippen LogP contribution in [0, 0.1) is 0 Å². The fourth-order valence-electron chi connectivity index (χ4n) is 1.84. The molecule has 2 rings (SSSR count). The van der Waals surface area contributed by atoms with Crippen molar-refractivity contribution in [2.75, 3.05) is 5.73 Å². The van der Waals surface area contributed by atoms with E-state index in [2.05, 4.69) is 21.0 Å². The molecule has 0 amide bonds. The molecule has 0 radical (unpaired) electrons. The summed E-state index contributed by atoms with van der Waals surface area (Å²) in [6.45, 7) is 5.54. The molecular formula is C13H16BrN3O2. The normalized spacial score (nSPS) is 11.8. The SMILES string of the molecule is CC(C)(C)OC(=O)Cn1ncc2cc(Br)cc(N)c21. The number of ether oxygens (including phenoxy) is 1. The molecule has 0 unspecified atom stereocenters. The molecule has 1 aromatic carbocycles. The Kier molecular flexibility index (Phi) is 3.54. The van der Waals surface area contributed by atoms with Gasteiger partial charge in [-0.15, -0.1) is 0 Å². The van der Waals surface area contributed by atoms with E-state index in [9.17, 15) is 4.79 Å². The van der Waals surface area contributed by atoms with Gasteiger partial charge in [0.15, 0.2) is 0 Å². The van der Waals surface area contributed by atoms with Crippen molar-refractivity contribution in [2.45, 2.75) is 32.9 Å². The third-order valence-electron chi connectivity index (χ3n) is 2.43. The minimum Gasteiger partial charge on any atom is -0.459 e. The quantitative estimate of drug-likeness (QED) is 0.680. The zero-order valence-corrected chi connectivity index (χ0v) is 12.7. The van der Waals surface area contributed by atoms with Gasteiger partial charge in [-0.2, -0.15) is 5.10 Å². The number of halogens is 1. The maximum atomic E-state index is 11.8. The molecule has 2 N–H and O–H groups in total. The summed E-state index contributed by atoms with van der Waals surface area (Å²) in [5.41, 5.74) is 6.78. The average molecular weight is 326 g/mol. The molecule has 1 heterocycles. The van der Waals surface area contributed by atoms with Gasteiger partial charge in [-0.1, -0.05) is 15.9 Å². The Bertz CT molecular complexity index is 629. The summed E-state index contributed by atoms with van der Waals surface area (Å²) in [5.74, 6) is -0.334. The van der Waals surface area contributed by atoms with Crippen LogP contribution in [0.5, 0.6) is 0 Å². The van der Waals surface area contributed by atoms with Crippen LogP contribution < -0.4 is 5.73 Å². The smallest absolute Gasteiger partial charge is 0.328 e. The molecule has 0 aliphatic rings. The highest BCUT2D eigenvalue weighted by Crippen LogP contribution is 2.26. The van der Waals surface area contributed by atoms with Crippen LogP contribution >= 0.6 is 15.9 Å². The van der Waals surface area contributed by atoms with Gasteiger partial charge in [-0.05, 0) is 32.9 Å². The molecule has 0 saturated heterocycles. The molecule has 102 valence electrons. The number of nitrogens with zero attached hydrogens (tertiary/aromatic N) is 2. The van der Waals surface area contributed by atoms with Crippen molar-refractivity contribution >= 4 is 38.5 Å². The fraction of sp³-hybridized carbons (Fsp3) is 0.385. The van der Waals surface area contributed by atoms with Crippen molar-refractivity contribution in [2.24, 2.45) is 0 Å². The van der Waals surface area contributed by atoms with Crippen molar-refractivity contribution in [1.29, 1.82) is 0 Å². The number of hydrogen-bond acceptors (Lipinski definition) is 4. The summed E-state index contributed by atoms with van der Waals surface area (Å²) in [6, 6.07) is 3.69. The summed E-state index contributed by atoms with van der Waals surface area (Å²) in [5, 5.41) is 5.07. The molecule has 6 heteroatoms. The number of fused-ring (bicyclic) bond motifs is 1. The van der Waals surface area contributed by atoms with Crippen LogP contribution in [0.4, 0.5) is 5.69 Å². The van der Waals surface area contributed by atoms with Crippen LogP contribution in [-0.4, -0.2) is 21.4 Å². The number of hydrogen-bond donors (Lipinski definition) is 1. The van der Waals surface area contributed by atoms with Crippen molar-refractivity contribution < 1.29 is 9.53 Å². The van der Waals surface area contributed by atoms with E-state index in [1.807, 2.05) is 26.8 Å². The minimum atomic E-state index is -0.505. The Morgan fingerprint density at radius 1 is 1.47 bits per heavy atom. The number of nitrogen functional groups attached to an aromatic ring is 1. The van der Waals surface area contributed by atoms with Crippen LogP contribution in [0.1, 0.15) is 20.8 Å². The minimum absolute atomic E-state index is 0.0482. The van der Waals surface area contributed by atoms with Crippen molar-refractivity contribution in [3.8, 4) is 0 Å². The van der Waals surface area contributed by atoms with Gasteiger partial charge in [-0.3, -0.25) is 9.48 Å². The molecule has 0 spiro atoms. The van der Waals surface area contributed by atoms with E-state index < -0.39 is 5.60 Å². The second-order valence-electron chi connectivity index (χ2n) is 5.32. The topological polar surface area (TPSA) is 70.1 Å². The Morgan fingerprint density at radius 3 is 2.79 bits per heavy atom. The molecule has 0 bridgehead atoms. The van der Waals surface area contributed by atoms with Crippen LogP contribution in [0.2, 0.25) is 0 Å². The monoisotopic (exact) mass is 325 g/mol. The summed E-state index contributed by atoms with van der Waals surface area (Å²) >= 11 is 3.37. The number of rotatable bonds is 2. The third kappa shape index (κ3) is 3.26. The van der Waals surface area contributed by atoms with Gasteiger partial charge < -0.3 is 10.5 Å². The molecule has 19 heavy (non-hydrogen) atoms. The number of benzene rings is 1. The summed E-state index contributed by atoms with van der Waals surface area (Å²) < 4.78 is 7.72. The lowest BCUT2D eigenvalue weighted by molar-refractivity contribution is -0.155. The van der Waals surface area contributed by atoms with E-state index in [4.69, 9.17) is 10.5 Å². The number of carbonyl (C=O) groups is 1. The Labute approximate surface area is 119 Å². The van der Waals surface area contributed by atoms with Gasteiger partial charge >= 0.3 is 5.97 Å². The summed E-state index contributed by atoms with van der Waals surface area (Å²) in [4.78, 5) is 11.8. The number of nitrogens with two attached hydrogens (primary N) is 1. The Morgan fingerprint density at radius 2 is 2.16 bits per heavy atom. The first-order chi connectivity index (χ1) is 8.76. The van der Waals surface area contributed by atoms with E-state index in [0.29, 0.717) is 5.69 Å². The van der Waals surface area contributed by atoms with Gasteiger partial charge in [-0.25, -0.2) is 0 Å². The van der Waals surface area contributed by atoms with Gasteiger partial charge in [0, 0.05) is 9.86 Å². The molecule has 0 atom stereocenters. The molecule has 2 aromatic rings.